The number of rotatable bonds is 1. The normalized spacial score (nSPS) is 14.7. The maximum absolute atomic E-state index is 10.3. The molecular weight excluding hydrogens is 262 g/mol. The Labute approximate surface area is 123 Å². The summed E-state index contributed by atoms with van der Waals surface area (Å²) in [6, 6.07) is 11.5. The molecule has 4 heteroatoms. The van der Waals surface area contributed by atoms with E-state index in [9.17, 15) is 15.6 Å². The van der Waals surface area contributed by atoms with E-state index in [4.69, 9.17) is 0 Å². The van der Waals surface area contributed by atoms with Crippen molar-refractivity contribution in [1.82, 2.24) is 0 Å². The molecule has 0 spiro atoms. The van der Waals surface area contributed by atoms with Crippen molar-refractivity contribution in [2.75, 3.05) is 18.0 Å². The molecule has 104 valence electrons. The van der Waals surface area contributed by atoms with Gasteiger partial charge in [-0.1, -0.05) is 24.3 Å². The summed E-state index contributed by atoms with van der Waals surface area (Å²) in [5, 5.41) is 30.6. The summed E-state index contributed by atoms with van der Waals surface area (Å²) in [6.45, 7) is 1.77. The number of hydrogen-bond donors (Lipinski definition) is 1. The minimum Gasteiger partial charge on any atom is -0.506 e. The van der Waals surface area contributed by atoms with Gasteiger partial charge in [-0.3, -0.25) is 0 Å². The molecule has 0 aliphatic carbocycles. The smallest absolute Gasteiger partial charge is 0.142 e. The average molecular weight is 277 g/mol. The molecule has 1 aliphatic rings. The molecule has 1 fully saturated rings. The zero-order valence-corrected chi connectivity index (χ0v) is 11.6. The zero-order valence-electron chi connectivity index (χ0n) is 11.6. The summed E-state index contributed by atoms with van der Waals surface area (Å²) < 4.78 is 0. The SMILES string of the molecule is N#Cc1c(C#N)c(N2CCCCC2)c2ccccc2c1O. The highest BCUT2D eigenvalue weighted by molar-refractivity contribution is 6.03. The molecular formula is C17H15N3O. The Balaban J connectivity index is 2.38. The Kier molecular flexibility index (Phi) is 3.38. The number of aromatic hydroxyl groups is 1. The highest BCUT2D eigenvalue weighted by Crippen LogP contribution is 2.40. The van der Waals surface area contributed by atoms with Crippen LogP contribution < -0.4 is 4.90 Å². The standard InChI is InChI=1S/C17H15N3O/c18-10-14-15(11-19)17(21)13-7-3-2-6-12(13)16(14)20-8-4-1-5-9-20/h2-3,6-7,21H,1,4-5,8-9H2. The van der Waals surface area contributed by atoms with Crippen molar-refractivity contribution in [3.8, 4) is 17.9 Å². The van der Waals surface area contributed by atoms with E-state index in [-0.39, 0.29) is 16.9 Å². The summed E-state index contributed by atoms with van der Waals surface area (Å²) in [4.78, 5) is 2.17. The predicted octanol–water partition coefficient (Wildman–Crippen LogP) is 3.28. The summed E-state index contributed by atoms with van der Waals surface area (Å²) in [6.07, 6.45) is 3.36. The van der Waals surface area contributed by atoms with Crippen LogP contribution in [0.5, 0.6) is 5.75 Å². The van der Waals surface area contributed by atoms with Crippen LogP contribution in [0.2, 0.25) is 0 Å². The number of piperidine rings is 1. The summed E-state index contributed by atoms with van der Waals surface area (Å²) in [7, 11) is 0. The maximum atomic E-state index is 10.3. The lowest BCUT2D eigenvalue weighted by Gasteiger charge is -2.31. The molecule has 0 atom stereocenters. The molecule has 1 aliphatic heterocycles. The van der Waals surface area contributed by atoms with Crippen LogP contribution in [0.4, 0.5) is 5.69 Å². The molecule has 3 rings (SSSR count). The van der Waals surface area contributed by atoms with Gasteiger partial charge in [0.1, 0.15) is 23.5 Å². The zero-order chi connectivity index (χ0) is 14.8. The first kappa shape index (κ1) is 13.3. The highest BCUT2D eigenvalue weighted by Gasteiger charge is 2.23. The highest BCUT2D eigenvalue weighted by atomic mass is 16.3. The molecule has 1 N–H and O–H groups in total. The van der Waals surface area contributed by atoms with Crippen molar-refractivity contribution in [2.24, 2.45) is 0 Å². The maximum Gasteiger partial charge on any atom is 0.142 e. The molecule has 0 bridgehead atoms. The van der Waals surface area contributed by atoms with E-state index in [0.717, 1.165) is 37.0 Å². The summed E-state index contributed by atoms with van der Waals surface area (Å²) in [5.74, 6) is -0.0922. The van der Waals surface area contributed by atoms with Crippen LogP contribution in [-0.4, -0.2) is 18.2 Å². The number of benzene rings is 2. The van der Waals surface area contributed by atoms with Crippen molar-refractivity contribution < 1.29 is 5.11 Å². The topological polar surface area (TPSA) is 71.0 Å². The van der Waals surface area contributed by atoms with Crippen LogP contribution in [0.1, 0.15) is 30.4 Å². The first-order valence-electron chi connectivity index (χ1n) is 7.10. The number of nitrogens with zero attached hydrogens (tertiary/aromatic N) is 3. The van der Waals surface area contributed by atoms with Gasteiger partial charge in [-0.15, -0.1) is 0 Å². The van der Waals surface area contributed by atoms with E-state index in [1.807, 2.05) is 24.3 Å². The van der Waals surface area contributed by atoms with E-state index < -0.39 is 0 Å². The van der Waals surface area contributed by atoms with E-state index >= 15 is 0 Å². The molecule has 0 saturated carbocycles. The van der Waals surface area contributed by atoms with Crippen LogP contribution in [0.3, 0.4) is 0 Å². The van der Waals surface area contributed by atoms with Gasteiger partial charge in [0.05, 0.1) is 11.3 Å². The van der Waals surface area contributed by atoms with Gasteiger partial charge in [0.25, 0.3) is 0 Å². The molecule has 1 heterocycles. The van der Waals surface area contributed by atoms with Gasteiger partial charge in [-0.05, 0) is 19.3 Å². The van der Waals surface area contributed by atoms with E-state index in [0.29, 0.717) is 5.39 Å². The number of phenols is 1. The molecule has 2 aromatic carbocycles. The monoisotopic (exact) mass is 277 g/mol. The van der Waals surface area contributed by atoms with Crippen molar-refractivity contribution in [3.05, 3.63) is 35.4 Å². The van der Waals surface area contributed by atoms with Gasteiger partial charge in [0, 0.05) is 23.9 Å². The van der Waals surface area contributed by atoms with E-state index in [1.54, 1.807) is 6.07 Å². The minimum absolute atomic E-state index is 0.0803. The van der Waals surface area contributed by atoms with Crippen LogP contribution >= 0.6 is 0 Å². The second-order valence-electron chi connectivity index (χ2n) is 5.26. The number of hydrogen-bond acceptors (Lipinski definition) is 4. The quantitative estimate of drug-likeness (QED) is 0.868. The molecule has 0 aromatic heterocycles. The summed E-state index contributed by atoms with van der Waals surface area (Å²) in [5.41, 5.74) is 1.16. The number of fused-ring (bicyclic) bond motifs is 1. The number of nitriles is 2. The number of phenolic OH excluding ortho intramolecular Hbond substituents is 1. The van der Waals surface area contributed by atoms with Crippen molar-refractivity contribution >= 4 is 16.5 Å². The predicted molar refractivity (Wildman–Crippen MR) is 81.1 cm³/mol. The van der Waals surface area contributed by atoms with E-state index in [1.165, 1.54) is 6.42 Å². The van der Waals surface area contributed by atoms with Gasteiger partial charge >= 0.3 is 0 Å². The van der Waals surface area contributed by atoms with Crippen LogP contribution in [-0.2, 0) is 0 Å². The second-order valence-corrected chi connectivity index (χ2v) is 5.26. The van der Waals surface area contributed by atoms with Gasteiger partial charge < -0.3 is 10.0 Å². The molecule has 1 saturated heterocycles. The van der Waals surface area contributed by atoms with Crippen molar-refractivity contribution in [3.63, 3.8) is 0 Å². The summed E-state index contributed by atoms with van der Waals surface area (Å²) >= 11 is 0. The minimum atomic E-state index is -0.0922. The Morgan fingerprint density at radius 2 is 1.52 bits per heavy atom. The molecule has 4 nitrogen and oxygen atoms in total. The van der Waals surface area contributed by atoms with Crippen LogP contribution in [0, 0.1) is 22.7 Å². The molecule has 0 radical (unpaired) electrons. The Bertz CT molecular complexity index is 777. The first-order valence-corrected chi connectivity index (χ1v) is 7.10. The third kappa shape index (κ3) is 2.06. The molecule has 0 amide bonds. The Morgan fingerprint density at radius 3 is 2.14 bits per heavy atom. The van der Waals surface area contributed by atoms with Gasteiger partial charge in [0.15, 0.2) is 0 Å². The first-order chi connectivity index (χ1) is 10.3. The van der Waals surface area contributed by atoms with Gasteiger partial charge in [-0.2, -0.15) is 10.5 Å². The van der Waals surface area contributed by atoms with E-state index in [2.05, 4.69) is 11.0 Å². The lowest BCUT2D eigenvalue weighted by atomic mass is 9.96. The van der Waals surface area contributed by atoms with Gasteiger partial charge in [0.2, 0.25) is 0 Å². The second kappa shape index (κ2) is 5.34. The van der Waals surface area contributed by atoms with Crippen LogP contribution in [0.15, 0.2) is 24.3 Å². The van der Waals surface area contributed by atoms with Crippen molar-refractivity contribution in [1.29, 1.82) is 10.5 Å². The van der Waals surface area contributed by atoms with Gasteiger partial charge in [-0.25, -0.2) is 0 Å². The fraction of sp³-hybridized carbons (Fsp3) is 0.294. The molecule has 0 unspecified atom stereocenters. The fourth-order valence-electron chi connectivity index (χ4n) is 3.07. The largest absolute Gasteiger partial charge is 0.506 e. The Hall–Kier alpha value is -2.72. The third-order valence-electron chi connectivity index (χ3n) is 4.06. The number of anilines is 1. The fourth-order valence-corrected chi connectivity index (χ4v) is 3.07. The lowest BCUT2D eigenvalue weighted by molar-refractivity contribution is 0.479. The average Bonchev–Trinajstić information content (AvgIpc) is 2.55. The third-order valence-corrected chi connectivity index (χ3v) is 4.06. The molecule has 21 heavy (non-hydrogen) atoms. The van der Waals surface area contributed by atoms with Crippen LogP contribution in [0.25, 0.3) is 10.8 Å². The lowest BCUT2D eigenvalue weighted by Crippen LogP contribution is -2.30. The Morgan fingerprint density at radius 1 is 0.905 bits per heavy atom. The molecule has 2 aromatic rings. The van der Waals surface area contributed by atoms with Crippen molar-refractivity contribution in [2.45, 2.75) is 19.3 Å².